The molecule has 1 aromatic carbocycles. The number of urea groups is 1. The number of fused-ring (bicyclic) bond motifs is 3. The van der Waals surface area contributed by atoms with Gasteiger partial charge in [0.15, 0.2) is 0 Å². The van der Waals surface area contributed by atoms with Crippen molar-refractivity contribution >= 4 is 16.9 Å². The molecule has 1 saturated heterocycles. The van der Waals surface area contributed by atoms with Crippen molar-refractivity contribution in [2.24, 2.45) is 0 Å². The monoisotopic (exact) mass is 427 g/mol. The second-order valence-corrected chi connectivity index (χ2v) is 8.78. The van der Waals surface area contributed by atoms with Crippen LogP contribution < -0.4 is 5.32 Å². The van der Waals surface area contributed by atoms with Crippen LogP contribution >= 0.6 is 0 Å². The van der Waals surface area contributed by atoms with Gasteiger partial charge in [-0.1, -0.05) is 6.07 Å². The van der Waals surface area contributed by atoms with Crippen molar-refractivity contribution in [3.63, 3.8) is 0 Å². The zero-order valence-electron chi connectivity index (χ0n) is 18.0. The first-order chi connectivity index (χ1) is 15.6. The Morgan fingerprint density at radius 3 is 2.88 bits per heavy atom. The number of H-pyrrole nitrogens is 1. The van der Waals surface area contributed by atoms with Crippen LogP contribution in [0.2, 0.25) is 0 Å². The molecule has 162 valence electrons. The molecule has 1 spiro atoms. The molecule has 2 aliphatic heterocycles. The molecule has 0 saturated carbocycles. The maximum absolute atomic E-state index is 12.3. The highest BCUT2D eigenvalue weighted by Gasteiger charge is 2.46. The molecule has 2 aliphatic rings. The third-order valence-corrected chi connectivity index (χ3v) is 6.88. The van der Waals surface area contributed by atoms with Gasteiger partial charge in [0.05, 0.1) is 16.9 Å². The largest absolute Gasteiger partial charge is 0.338 e. The maximum Gasteiger partial charge on any atom is 0.317 e. The number of benzene rings is 1. The average molecular weight is 428 g/mol. The molecule has 4 aromatic rings. The number of rotatable bonds is 3. The van der Waals surface area contributed by atoms with E-state index in [-0.39, 0.29) is 11.4 Å². The SMILES string of the molecule is CCNC(=O)N1CCC2(CCn3nc(-c4cnc5ccc(-c6ccn[nH]6)cc5c4)cc32)C1. The van der Waals surface area contributed by atoms with E-state index in [1.54, 1.807) is 6.20 Å². The van der Waals surface area contributed by atoms with Gasteiger partial charge in [-0.25, -0.2) is 4.79 Å². The third kappa shape index (κ3) is 2.97. The van der Waals surface area contributed by atoms with Crippen LogP contribution in [-0.4, -0.2) is 55.5 Å². The van der Waals surface area contributed by atoms with Crippen LogP contribution in [0.1, 0.15) is 25.5 Å². The first-order valence-electron chi connectivity index (χ1n) is 11.2. The Bertz CT molecular complexity index is 1310. The first kappa shape index (κ1) is 19.0. The quantitative estimate of drug-likeness (QED) is 0.523. The fraction of sp³-hybridized carbons (Fsp3) is 0.333. The summed E-state index contributed by atoms with van der Waals surface area (Å²) in [4.78, 5) is 19.0. The summed E-state index contributed by atoms with van der Waals surface area (Å²) in [6.45, 7) is 5.05. The molecule has 8 heteroatoms. The van der Waals surface area contributed by atoms with Crippen LogP contribution in [0, 0.1) is 0 Å². The Kier molecular flexibility index (Phi) is 4.28. The number of nitrogens with one attached hydrogen (secondary N) is 2. The molecular formula is C24H25N7O. The summed E-state index contributed by atoms with van der Waals surface area (Å²) in [7, 11) is 0. The lowest BCUT2D eigenvalue weighted by atomic mass is 9.82. The fourth-order valence-corrected chi connectivity index (χ4v) is 5.18. The minimum atomic E-state index is 0.00833. The van der Waals surface area contributed by atoms with E-state index < -0.39 is 0 Å². The smallest absolute Gasteiger partial charge is 0.317 e. The second-order valence-electron chi connectivity index (χ2n) is 8.78. The normalized spacial score (nSPS) is 19.7. The number of aromatic amines is 1. The van der Waals surface area contributed by atoms with E-state index in [1.165, 1.54) is 5.69 Å². The third-order valence-electron chi connectivity index (χ3n) is 6.88. The lowest BCUT2D eigenvalue weighted by Crippen LogP contribution is -2.40. The van der Waals surface area contributed by atoms with E-state index in [4.69, 9.17) is 5.10 Å². The van der Waals surface area contributed by atoms with Crippen molar-refractivity contribution in [2.75, 3.05) is 19.6 Å². The van der Waals surface area contributed by atoms with Gasteiger partial charge in [0.1, 0.15) is 0 Å². The van der Waals surface area contributed by atoms with E-state index in [0.29, 0.717) is 6.54 Å². The van der Waals surface area contributed by atoms with E-state index >= 15 is 0 Å². The molecule has 8 nitrogen and oxygen atoms in total. The molecule has 32 heavy (non-hydrogen) atoms. The number of likely N-dealkylation sites (tertiary alicyclic amines) is 1. The van der Waals surface area contributed by atoms with Gasteiger partial charge in [0.25, 0.3) is 0 Å². The summed E-state index contributed by atoms with van der Waals surface area (Å²) in [6, 6.07) is 12.6. The maximum atomic E-state index is 12.3. The van der Waals surface area contributed by atoms with Crippen LogP contribution in [0.15, 0.2) is 48.8 Å². The highest BCUT2D eigenvalue weighted by Crippen LogP contribution is 2.43. The Morgan fingerprint density at radius 2 is 2.03 bits per heavy atom. The van der Waals surface area contributed by atoms with Gasteiger partial charge in [-0.2, -0.15) is 10.2 Å². The highest BCUT2D eigenvalue weighted by molar-refractivity contribution is 5.87. The predicted octanol–water partition coefficient (Wildman–Crippen LogP) is 3.57. The minimum absolute atomic E-state index is 0.00833. The molecular weight excluding hydrogens is 402 g/mol. The first-order valence-corrected chi connectivity index (χ1v) is 11.2. The summed E-state index contributed by atoms with van der Waals surface area (Å²) in [5, 5.41) is 16.0. The molecule has 0 aliphatic carbocycles. The van der Waals surface area contributed by atoms with Crippen molar-refractivity contribution in [3.8, 4) is 22.5 Å². The number of carbonyl (C=O) groups is 1. The van der Waals surface area contributed by atoms with Gasteiger partial charge >= 0.3 is 6.03 Å². The number of aromatic nitrogens is 5. The van der Waals surface area contributed by atoms with Gasteiger partial charge in [-0.05, 0) is 50.1 Å². The zero-order valence-corrected chi connectivity index (χ0v) is 18.0. The van der Waals surface area contributed by atoms with E-state index in [2.05, 4.69) is 49.4 Å². The Balaban J connectivity index is 1.32. The van der Waals surface area contributed by atoms with Crippen LogP contribution in [0.4, 0.5) is 4.79 Å². The van der Waals surface area contributed by atoms with Crippen molar-refractivity contribution < 1.29 is 4.79 Å². The molecule has 0 bridgehead atoms. The summed E-state index contributed by atoms with van der Waals surface area (Å²) in [5.74, 6) is 0. The summed E-state index contributed by atoms with van der Waals surface area (Å²) in [6.07, 6.45) is 5.68. The van der Waals surface area contributed by atoms with Gasteiger partial charge in [-0.3, -0.25) is 14.8 Å². The fourth-order valence-electron chi connectivity index (χ4n) is 5.18. The van der Waals surface area contributed by atoms with Crippen molar-refractivity contribution in [2.45, 2.75) is 31.7 Å². The molecule has 1 fully saturated rings. The highest BCUT2D eigenvalue weighted by atomic mass is 16.2. The number of nitrogens with zero attached hydrogens (tertiary/aromatic N) is 5. The Hall–Kier alpha value is -3.68. The van der Waals surface area contributed by atoms with Crippen LogP contribution in [-0.2, 0) is 12.0 Å². The van der Waals surface area contributed by atoms with Gasteiger partial charge in [-0.15, -0.1) is 0 Å². The summed E-state index contributed by atoms with van der Waals surface area (Å²) >= 11 is 0. The van der Waals surface area contributed by atoms with Gasteiger partial charge in [0.2, 0.25) is 0 Å². The number of aryl methyl sites for hydroxylation is 1. The molecule has 1 atom stereocenters. The number of hydrogen-bond acceptors (Lipinski definition) is 4. The molecule has 2 amide bonds. The molecule has 1 unspecified atom stereocenters. The lowest BCUT2D eigenvalue weighted by molar-refractivity contribution is 0.206. The molecule has 5 heterocycles. The topological polar surface area (TPSA) is 91.7 Å². The summed E-state index contributed by atoms with van der Waals surface area (Å²) < 4.78 is 2.13. The minimum Gasteiger partial charge on any atom is -0.338 e. The van der Waals surface area contributed by atoms with Crippen molar-refractivity contribution in [1.29, 1.82) is 0 Å². The van der Waals surface area contributed by atoms with Crippen LogP contribution in [0.3, 0.4) is 0 Å². The average Bonchev–Trinajstić information content (AvgIpc) is 3.60. The molecule has 3 aromatic heterocycles. The second kappa shape index (κ2) is 7.19. The number of carbonyl (C=O) groups excluding carboxylic acids is 1. The van der Waals surface area contributed by atoms with Crippen molar-refractivity contribution in [3.05, 3.63) is 54.5 Å². The lowest BCUT2D eigenvalue weighted by Gasteiger charge is -2.23. The van der Waals surface area contributed by atoms with Gasteiger partial charge in [0, 0.05) is 66.2 Å². The van der Waals surface area contributed by atoms with Crippen LogP contribution in [0.5, 0.6) is 0 Å². The number of amides is 2. The molecule has 6 rings (SSSR count). The van der Waals surface area contributed by atoms with E-state index in [0.717, 1.165) is 65.9 Å². The number of hydrogen-bond donors (Lipinski definition) is 2. The zero-order chi connectivity index (χ0) is 21.7. The van der Waals surface area contributed by atoms with Crippen LogP contribution in [0.25, 0.3) is 33.4 Å². The Morgan fingerprint density at radius 1 is 1.16 bits per heavy atom. The van der Waals surface area contributed by atoms with Gasteiger partial charge < -0.3 is 10.2 Å². The van der Waals surface area contributed by atoms with Crippen molar-refractivity contribution in [1.82, 2.24) is 35.2 Å². The number of pyridine rings is 1. The molecule has 2 N–H and O–H groups in total. The Labute approximate surface area is 185 Å². The van der Waals surface area contributed by atoms with E-state index in [1.807, 2.05) is 30.2 Å². The predicted molar refractivity (Wildman–Crippen MR) is 122 cm³/mol. The summed E-state index contributed by atoms with van der Waals surface area (Å²) in [5.41, 5.74) is 6.22. The van der Waals surface area contributed by atoms with E-state index in [9.17, 15) is 4.79 Å². The molecule has 0 radical (unpaired) electrons. The standard InChI is InChI=1S/C24H25N7O/c1-2-25-23(32)30-9-6-24(15-30)7-10-31-22(24)13-21(29-31)18-12-17-11-16(20-5-8-27-28-20)3-4-19(17)26-14-18/h3-5,8,11-14H,2,6-7,9-10,15H2,1H3,(H,25,32)(H,27,28).